The Labute approximate surface area is 179 Å². The summed E-state index contributed by atoms with van der Waals surface area (Å²) in [5.41, 5.74) is 3.55. The Morgan fingerprint density at radius 3 is 2.59 bits per heavy atom. The minimum atomic E-state index is -1.57. The van der Waals surface area contributed by atoms with E-state index in [0.717, 1.165) is 23.4 Å². The van der Waals surface area contributed by atoms with Gasteiger partial charge < -0.3 is 10.1 Å². The fourth-order valence-corrected chi connectivity index (χ4v) is 3.62. The summed E-state index contributed by atoms with van der Waals surface area (Å²) < 4.78 is 17.5. The van der Waals surface area contributed by atoms with Gasteiger partial charge in [-0.15, -0.1) is 11.3 Å². The van der Waals surface area contributed by atoms with Crippen molar-refractivity contribution in [1.29, 1.82) is 0 Å². The van der Waals surface area contributed by atoms with E-state index < -0.39 is 11.0 Å². The summed E-state index contributed by atoms with van der Waals surface area (Å²) in [5, 5.41) is 11.5. The summed E-state index contributed by atoms with van der Waals surface area (Å²) in [4.78, 5) is 9.57. The average molecular weight is 433 g/mol. The molecule has 0 amide bonds. The Kier molecular flexibility index (Phi) is 8.75. The number of anilines is 2. The maximum Gasteiger partial charge on any atom is 0.187 e. The topological polar surface area (TPSA) is 90.1 Å². The van der Waals surface area contributed by atoms with E-state index in [1.54, 1.807) is 18.2 Å². The van der Waals surface area contributed by atoms with Gasteiger partial charge in [0.15, 0.2) is 5.13 Å². The van der Waals surface area contributed by atoms with Crippen LogP contribution in [0.3, 0.4) is 0 Å². The number of hydrogen-bond donors (Lipinski definition) is 2. The van der Waals surface area contributed by atoms with E-state index in [1.807, 2.05) is 51.4 Å². The van der Waals surface area contributed by atoms with Gasteiger partial charge in [0, 0.05) is 22.8 Å². The molecule has 0 aliphatic rings. The lowest BCUT2D eigenvalue weighted by molar-refractivity contribution is 0.243. The number of benzene rings is 1. The van der Waals surface area contributed by atoms with Gasteiger partial charge in [-0.3, -0.25) is 4.98 Å². The quantitative estimate of drug-likeness (QED) is 0.528. The van der Waals surface area contributed by atoms with Crippen molar-refractivity contribution in [3.05, 3.63) is 47.6 Å². The van der Waals surface area contributed by atoms with Crippen LogP contribution < -0.4 is 15.2 Å². The molecule has 0 saturated carbocycles. The first-order valence-electron chi connectivity index (χ1n) is 9.61. The summed E-state index contributed by atoms with van der Waals surface area (Å²) in [6, 6.07) is 9.23. The molecule has 2 heterocycles. The van der Waals surface area contributed by atoms with Crippen molar-refractivity contribution in [1.82, 2.24) is 9.97 Å². The molecule has 3 aromatic rings. The van der Waals surface area contributed by atoms with Crippen molar-refractivity contribution in [3.63, 3.8) is 0 Å². The average Bonchev–Trinajstić information content (AvgIpc) is 3.19. The minimum Gasteiger partial charge on any atom is -0.489 e. The molecule has 0 bridgehead atoms. The van der Waals surface area contributed by atoms with Crippen molar-refractivity contribution in [2.45, 2.75) is 52.0 Å². The van der Waals surface area contributed by atoms with Crippen LogP contribution in [0.4, 0.5) is 10.8 Å². The molecule has 0 radical (unpaired) electrons. The first kappa shape index (κ1) is 23.0. The zero-order valence-electron chi connectivity index (χ0n) is 17.4. The first-order chi connectivity index (χ1) is 14.0. The molecule has 1 aromatic carbocycles. The van der Waals surface area contributed by atoms with Crippen LogP contribution in [0, 0.1) is 0 Å². The Balaban J connectivity index is 0.00000145. The standard InChI is InChI=1S/C19H22N4O2S2.C2H6/c1-4-14-6-5-13(10-21-14)17-11-26-19(23-17)22-16-9-15(27(20)24)7-8-18(16)25-12(2)3;1-2/h5-12H,4,20H2,1-3H3,(H,22,23);1-2H3. The van der Waals surface area contributed by atoms with E-state index in [0.29, 0.717) is 21.5 Å². The molecular formula is C21H28N4O2S2. The van der Waals surface area contributed by atoms with Crippen molar-refractivity contribution in [2.24, 2.45) is 5.14 Å². The van der Waals surface area contributed by atoms with Crippen molar-refractivity contribution in [3.8, 4) is 17.0 Å². The van der Waals surface area contributed by atoms with Crippen molar-refractivity contribution < 1.29 is 8.95 Å². The van der Waals surface area contributed by atoms with Crippen molar-refractivity contribution >= 4 is 33.1 Å². The SMILES string of the molecule is CC.CCc1ccc(-c2csc(Nc3cc(S(N)=O)ccc3OC(C)C)n2)cn1. The number of pyridine rings is 1. The molecule has 3 N–H and O–H groups in total. The number of nitrogens with two attached hydrogens (primary N) is 1. The van der Waals surface area contributed by atoms with Gasteiger partial charge in [-0.1, -0.05) is 20.8 Å². The number of rotatable bonds is 7. The van der Waals surface area contributed by atoms with E-state index in [9.17, 15) is 4.21 Å². The normalized spacial score (nSPS) is 11.6. The molecule has 3 rings (SSSR count). The predicted octanol–water partition coefficient (Wildman–Crippen LogP) is 5.31. The summed E-state index contributed by atoms with van der Waals surface area (Å²) in [6.07, 6.45) is 2.75. The van der Waals surface area contributed by atoms with E-state index in [4.69, 9.17) is 9.88 Å². The van der Waals surface area contributed by atoms with Gasteiger partial charge in [0.2, 0.25) is 0 Å². The second-order valence-electron chi connectivity index (χ2n) is 6.18. The van der Waals surface area contributed by atoms with E-state index >= 15 is 0 Å². The van der Waals surface area contributed by atoms with E-state index in [1.165, 1.54) is 11.3 Å². The maximum atomic E-state index is 11.6. The zero-order valence-corrected chi connectivity index (χ0v) is 19.1. The Morgan fingerprint density at radius 1 is 1.24 bits per heavy atom. The van der Waals surface area contributed by atoms with Crippen LogP contribution >= 0.6 is 11.3 Å². The molecule has 1 atom stereocenters. The van der Waals surface area contributed by atoms with Gasteiger partial charge in [0.1, 0.15) is 16.7 Å². The summed E-state index contributed by atoms with van der Waals surface area (Å²) in [7, 11) is -1.57. The third-order valence-corrected chi connectivity index (χ3v) is 5.25. The fraction of sp³-hybridized carbons (Fsp3) is 0.333. The first-order valence-corrected chi connectivity index (χ1v) is 11.7. The Hall–Kier alpha value is -2.29. The molecule has 8 heteroatoms. The third kappa shape index (κ3) is 6.35. The highest BCUT2D eigenvalue weighted by atomic mass is 32.2. The lowest BCUT2D eigenvalue weighted by atomic mass is 10.2. The highest BCUT2D eigenvalue weighted by Crippen LogP contribution is 2.33. The van der Waals surface area contributed by atoms with Gasteiger partial charge in [0.25, 0.3) is 0 Å². The number of nitrogens with one attached hydrogen (secondary N) is 1. The third-order valence-electron chi connectivity index (χ3n) is 3.77. The van der Waals surface area contributed by atoms with Crippen LogP contribution in [-0.2, 0) is 17.4 Å². The molecule has 2 aromatic heterocycles. The van der Waals surface area contributed by atoms with Gasteiger partial charge in [-0.2, -0.15) is 0 Å². The smallest absolute Gasteiger partial charge is 0.187 e. The lowest BCUT2D eigenvalue weighted by Gasteiger charge is -2.15. The molecule has 6 nitrogen and oxygen atoms in total. The van der Waals surface area contributed by atoms with Crippen molar-refractivity contribution in [2.75, 3.05) is 5.32 Å². The maximum absolute atomic E-state index is 11.6. The van der Waals surface area contributed by atoms with Gasteiger partial charge in [-0.05, 0) is 50.6 Å². The van der Waals surface area contributed by atoms with Gasteiger partial charge >= 0.3 is 0 Å². The van der Waals surface area contributed by atoms with E-state index in [2.05, 4.69) is 22.2 Å². The van der Waals surface area contributed by atoms with Gasteiger partial charge in [-0.25, -0.2) is 14.3 Å². The monoisotopic (exact) mass is 432 g/mol. The van der Waals surface area contributed by atoms with Crippen LogP contribution in [-0.4, -0.2) is 20.3 Å². The second-order valence-corrected chi connectivity index (χ2v) is 8.10. The Bertz CT molecular complexity index is 940. The number of thiazole rings is 1. The highest BCUT2D eigenvalue weighted by molar-refractivity contribution is 7.82. The lowest BCUT2D eigenvalue weighted by Crippen LogP contribution is -2.09. The molecule has 0 saturated heterocycles. The molecule has 156 valence electrons. The summed E-state index contributed by atoms with van der Waals surface area (Å²) >= 11 is 1.48. The number of ether oxygens (including phenoxy) is 1. The van der Waals surface area contributed by atoms with E-state index in [-0.39, 0.29) is 6.10 Å². The highest BCUT2D eigenvalue weighted by Gasteiger charge is 2.12. The molecule has 0 aliphatic heterocycles. The molecular weight excluding hydrogens is 404 g/mol. The van der Waals surface area contributed by atoms with Crippen LogP contribution in [0.5, 0.6) is 5.75 Å². The predicted molar refractivity (Wildman–Crippen MR) is 122 cm³/mol. The molecule has 1 unspecified atom stereocenters. The number of aryl methyl sites for hydroxylation is 1. The number of hydrogen-bond acceptors (Lipinski definition) is 6. The zero-order chi connectivity index (χ0) is 21.4. The van der Waals surface area contributed by atoms with Crippen LogP contribution in [0.2, 0.25) is 0 Å². The molecule has 29 heavy (non-hydrogen) atoms. The number of aromatic nitrogens is 2. The largest absolute Gasteiger partial charge is 0.489 e. The summed E-state index contributed by atoms with van der Waals surface area (Å²) in [6.45, 7) is 9.98. The summed E-state index contributed by atoms with van der Waals surface area (Å²) in [5.74, 6) is 0.657. The van der Waals surface area contributed by atoms with Crippen LogP contribution in [0.1, 0.15) is 40.3 Å². The van der Waals surface area contributed by atoms with Crippen LogP contribution in [0.25, 0.3) is 11.3 Å². The molecule has 0 fully saturated rings. The minimum absolute atomic E-state index is 0.00906. The Morgan fingerprint density at radius 2 is 2.00 bits per heavy atom. The van der Waals surface area contributed by atoms with Crippen LogP contribution in [0.15, 0.2) is 46.8 Å². The number of nitrogens with zero attached hydrogens (tertiary/aromatic N) is 2. The molecule has 0 aliphatic carbocycles. The second kappa shape index (κ2) is 11.0. The fourth-order valence-electron chi connectivity index (χ4n) is 2.45. The van der Waals surface area contributed by atoms with Gasteiger partial charge in [0.05, 0.1) is 22.4 Å². The molecule has 0 spiro atoms.